The smallest absolute Gasteiger partial charge is 0.243 e. The third kappa shape index (κ3) is 3.72. The Bertz CT molecular complexity index is 1300. The van der Waals surface area contributed by atoms with Crippen molar-refractivity contribution in [2.24, 2.45) is 0 Å². The van der Waals surface area contributed by atoms with Crippen LogP contribution in [0.4, 0.5) is 0 Å². The average Bonchev–Trinajstić information content (AvgIpc) is 2.72. The molecule has 2 aromatic carbocycles. The molecule has 0 amide bonds. The number of carbonyl (C=O) groups is 2. The maximum atomic E-state index is 12.5. The zero-order chi connectivity index (χ0) is 20.4. The first kappa shape index (κ1) is 19.1. The number of hydrogen-bond donors (Lipinski definition) is 1. The van der Waals surface area contributed by atoms with Gasteiger partial charge in [-0.25, -0.2) is 0 Å². The van der Waals surface area contributed by atoms with Gasteiger partial charge >= 0.3 is 0 Å². The van der Waals surface area contributed by atoms with E-state index in [0.29, 0.717) is 15.8 Å². The molecule has 6 heteroatoms. The highest BCUT2D eigenvalue weighted by atomic mass is 32.2. The first-order valence-electron chi connectivity index (χ1n) is 8.72. The van der Waals surface area contributed by atoms with Crippen molar-refractivity contribution in [1.82, 2.24) is 0 Å². The minimum absolute atomic E-state index is 0.0574. The summed E-state index contributed by atoms with van der Waals surface area (Å²) in [6.07, 6.45) is 7.76. The Morgan fingerprint density at radius 1 is 0.862 bits per heavy atom. The van der Waals surface area contributed by atoms with Crippen LogP contribution in [0, 0.1) is 0 Å². The molecule has 1 aromatic heterocycles. The summed E-state index contributed by atoms with van der Waals surface area (Å²) in [6, 6.07) is 14.2. The summed E-state index contributed by atoms with van der Waals surface area (Å²) in [7, 11) is 0. The van der Waals surface area contributed by atoms with Gasteiger partial charge in [-0.2, -0.15) is 0 Å². The summed E-state index contributed by atoms with van der Waals surface area (Å²) in [5.74, 6) is -0.355. The number of ketones is 1. The molecule has 0 atom stereocenters. The van der Waals surface area contributed by atoms with Gasteiger partial charge in [0.25, 0.3) is 0 Å². The van der Waals surface area contributed by atoms with E-state index in [1.165, 1.54) is 12.2 Å². The highest BCUT2D eigenvalue weighted by Gasteiger charge is 2.28. The normalized spacial score (nSPS) is 15.7. The molecule has 0 radical (unpaired) electrons. The molecule has 0 saturated heterocycles. The molecule has 1 N–H and O–H groups in total. The Morgan fingerprint density at radius 2 is 1.62 bits per heavy atom. The number of aromatic hydroxyl groups is 1. The van der Waals surface area contributed by atoms with Crippen LogP contribution in [0.3, 0.4) is 0 Å². The number of Topliss-reactive ketones (excluding diaryl/α,β-unsaturated/α-hetero) is 1. The first-order chi connectivity index (χ1) is 14.1. The molecule has 29 heavy (non-hydrogen) atoms. The lowest BCUT2D eigenvalue weighted by atomic mass is 10.0. The standard InChI is InChI=1S/C23H14O4S2/c24-20-14-8-4-6-12-18(14)28-22(26)16(20)10-2-1-3-11-17-21(25)15-9-5-7-13-19(15)29-23(17)27/h1-13,24H. The monoisotopic (exact) mass is 418 g/mol. The van der Waals surface area contributed by atoms with Crippen molar-refractivity contribution in [2.75, 3.05) is 0 Å². The fourth-order valence-corrected chi connectivity index (χ4v) is 4.73. The molecule has 0 fully saturated rings. The van der Waals surface area contributed by atoms with Crippen molar-refractivity contribution in [3.8, 4) is 5.75 Å². The Balaban J connectivity index is 1.58. The van der Waals surface area contributed by atoms with Crippen LogP contribution in [0.5, 0.6) is 5.75 Å². The third-order valence-electron chi connectivity index (χ3n) is 4.37. The minimum atomic E-state index is -0.297. The molecule has 0 spiro atoms. The molecule has 142 valence electrons. The zero-order valence-electron chi connectivity index (χ0n) is 15.0. The molecular formula is C23H14O4S2. The molecule has 4 rings (SSSR count). The summed E-state index contributed by atoms with van der Waals surface area (Å²) in [5.41, 5.74) is 0.838. The summed E-state index contributed by atoms with van der Waals surface area (Å²) in [6.45, 7) is 0. The Labute approximate surface area is 174 Å². The van der Waals surface area contributed by atoms with Gasteiger partial charge in [-0.3, -0.25) is 14.4 Å². The van der Waals surface area contributed by atoms with Gasteiger partial charge in [-0.05, 0) is 48.2 Å². The van der Waals surface area contributed by atoms with Gasteiger partial charge in [0.05, 0.1) is 11.1 Å². The molecule has 1 aliphatic heterocycles. The summed E-state index contributed by atoms with van der Waals surface area (Å²) in [4.78, 5) is 37.6. The predicted octanol–water partition coefficient (Wildman–Crippen LogP) is 4.98. The maximum Gasteiger partial charge on any atom is 0.243 e. The maximum absolute atomic E-state index is 12.5. The fourth-order valence-electron chi connectivity index (χ4n) is 2.94. The zero-order valence-corrected chi connectivity index (χ0v) is 16.6. The van der Waals surface area contributed by atoms with E-state index in [1.54, 1.807) is 60.7 Å². The molecule has 0 bridgehead atoms. The first-order valence-corrected chi connectivity index (χ1v) is 10.4. The number of benzene rings is 2. The quantitative estimate of drug-likeness (QED) is 0.369. The van der Waals surface area contributed by atoms with Crippen LogP contribution in [0.2, 0.25) is 0 Å². The molecule has 2 heterocycles. The fraction of sp³-hybridized carbons (Fsp3) is 0. The van der Waals surface area contributed by atoms with Crippen LogP contribution >= 0.6 is 23.1 Å². The number of carbonyl (C=O) groups excluding carboxylic acids is 2. The van der Waals surface area contributed by atoms with Gasteiger partial charge in [0.2, 0.25) is 9.86 Å². The third-order valence-corrected chi connectivity index (χ3v) is 6.33. The van der Waals surface area contributed by atoms with Crippen LogP contribution in [0.15, 0.2) is 88.1 Å². The highest BCUT2D eigenvalue weighted by molar-refractivity contribution is 8.14. The molecule has 0 aliphatic carbocycles. The SMILES string of the molecule is O=C1Sc2ccccc2C(=O)C1=CC=CC=Cc1c(O)c2ccccc2sc1=O. The van der Waals surface area contributed by atoms with E-state index < -0.39 is 0 Å². The number of thioether (sulfide) groups is 1. The van der Waals surface area contributed by atoms with Crippen LogP contribution in [0.25, 0.3) is 16.2 Å². The Kier molecular flexibility index (Phi) is 5.29. The van der Waals surface area contributed by atoms with Crippen LogP contribution in [0.1, 0.15) is 15.9 Å². The van der Waals surface area contributed by atoms with E-state index in [2.05, 4.69) is 0 Å². The summed E-state index contributed by atoms with van der Waals surface area (Å²) < 4.78 is 0.481. The molecule has 3 aromatic rings. The topological polar surface area (TPSA) is 71.4 Å². The highest BCUT2D eigenvalue weighted by Crippen LogP contribution is 2.33. The summed E-state index contributed by atoms with van der Waals surface area (Å²) >= 11 is 2.10. The molecular weight excluding hydrogens is 404 g/mol. The number of rotatable bonds is 3. The lowest BCUT2D eigenvalue weighted by Crippen LogP contribution is -2.16. The van der Waals surface area contributed by atoms with Crippen LogP contribution in [-0.2, 0) is 4.79 Å². The number of hydrogen-bond acceptors (Lipinski definition) is 6. The second-order valence-electron chi connectivity index (χ2n) is 6.19. The molecule has 0 saturated carbocycles. The van der Waals surface area contributed by atoms with Crippen molar-refractivity contribution >= 4 is 50.2 Å². The second kappa shape index (κ2) is 8.03. The Morgan fingerprint density at radius 3 is 2.48 bits per heavy atom. The van der Waals surface area contributed by atoms with Crippen molar-refractivity contribution in [3.05, 3.63) is 99.1 Å². The second-order valence-corrected chi connectivity index (χ2v) is 8.22. The Hall–Kier alpha value is -3.22. The van der Waals surface area contributed by atoms with Crippen molar-refractivity contribution < 1.29 is 14.7 Å². The van der Waals surface area contributed by atoms with Gasteiger partial charge in [-0.15, -0.1) is 0 Å². The largest absolute Gasteiger partial charge is 0.506 e. The molecule has 0 unspecified atom stereocenters. The minimum Gasteiger partial charge on any atom is -0.506 e. The van der Waals surface area contributed by atoms with Crippen LogP contribution < -0.4 is 4.74 Å². The number of allylic oxidation sites excluding steroid dienone is 4. The predicted molar refractivity (Wildman–Crippen MR) is 118 cm³/mol. The van der Waals surface area contributed by atoms with Crippen molar-refractivity contribution in [1.29, 1.82) is 0 Å². The summed E-state index contributed by atoms with van der Waals surface area (Å²) in [5, 5.41) is 10.7. The van der Waals surface area contributed by atoms with Gasteiger partial charge in [0.1, 0.15) is 5.75 Å². The van der Waals surface area contributed by atoms with Crippen LogP contribution in [-0.4, -0.2) is 16.0 Å². The van der Waals surface area contributed by atoms with E-state index >= 15 is 0 Å². The van der Waals surface area contributed by atoms with Gasteiger partial charge in [0, 0.05) is 20.5 Å². The van der Waals surface area contributed by atoms with E-state index in [1.807, 2.05) is 6.07 Å². The van der Waals surface area contributed by atoms with Gasteiger partial charge in [0.15, 0.2) is 5.78 Å². The van der Waals surface area contributed by atoms with Crippen molar-refractivity contribution in [2.45, 2.75) is 4.90 Å². The van der Waals surface area contributed by atoms with Gasteiger partial charge < -0.3 is 5.11 Å². The lowest BCUT2D eigenvalue weighted by molar-refractivity contribution is -0.107. The molecule has 4 nitrogen and oxygen atoms in total. The van der Waals surface area contributed by atoms with E-state index in [-0.39, 0.29) is 32.5 Å². The van der Waals surface area contributed by atoms with Gasteiger partial charge in [-0.1, -0.05) is 53.8 Å². The van der Waals surface area contributed by atoms with E-state index in [9.17, 15) is 19.5 Å². The van der Waals surface area contributed by atoms with E-state index in [4.69, 9.17) is 0 Å². The molecule has 1 aliphatic rings. The van der Waals surface area contributed by atoms with Crippen molar-refractivity contribution in [3.63, 3.8) is 0 Å². The average molecular weight is 418 g/mol. The lowest BCUT2D eigenvalue weighted by Gasteiger charge is -2.14. The number of fused-ring (bicyclic) bond motifs is 2. The van der Waals surface area contributed by atoms with E-state index in [0.717, 1.165) is 27.8 Å².